The van der Waals surface area contributed by atoms with Crippen LogP contribution in [0.1, 0.15) is 18.4 Å². The van der Waals surface area contributed by atoms with Crippen molar-refractivity contribution in [3.8, 4) is 11.5 Å². The van der Waals surface area contributed by atoms with Gasteiger partial charge in [0.1, 0.15) is 5.72 Å². The molecule has 2 fully saturated rings. The third kappa shape index (κ3) is 4.21. The fourth-order valence-corrected chi connectivity index (χ4v) is 6.28. The average molecular weight is 491 g/mol. The summed E-state index contributed by atoms with van der Waals surface area (Å²) in [4.78, 5) is 14.6. The Morgan fingerprint density at radius 3 is 2.48 bits per heavy atom. The first-order valence-electron chi connectivity index (χ1n) is 10.7. The summed E-state index contributed by atoms with van der Waals surface area (Å²) in [5, 5.41) is 0.474. The van der Waals surface area contributed by atoms with Crippen LogP contribution in [0.2, 0.25) is 5.02 Å². The molecule has 2 aromatic rings. The molecule has 0 bridgehead atoms. The second kappa shape index (κ2) is 8.64. The first-order chi connectivity index (χ1) is 15.9. The summed E-state index contributed by atoms with van der Waals surface area (Å²) in [5.41, 5.74) is -0.100. The van der Waals surface area contributed by atoms with Gasteiger partial charge in [-0.1, -0.05) is 17.7 Å². The summed E-state index contributed by atoms with van der Waals surface area (Å²) in [6, 6.07) is 11.6. The molecule has 3 aliphatic heterocycles. The Morgan fingerprint density at radius 2 is 1.73 bits per heavy atom. The van der Waals surface area contributed by atoms with Gasteiger partial charge in [-0.05, 0) is 48.0 Å². The van der Waals surface area contributed by atoms with Crippen LogP contribution < -0.4 is 9.47 Å². The van der Waals surface area contributed by atoms with Crippen molar-refractivity contribution in [2.24, 2.45) is 0 Å². The molecule has 0 N–H and O–H groups in total. The molecule has 2 saturated heterocycles. The number of fused-ring (bicyclic) bond motifs is 1. The Hall–Kier alpha value is -2.59. The van der Waals surface area contributed by atoms with Gasteiger partial charge in [-0.15, -0.1) is 0 Å². The molecule has 0 radical (unpaired) electrons. The lowest BCUT2D eigenvalue weighted by atomic mass is 10.0. The van der Waals surface area contributed by atoms with E-state index in [0.717, 1.165) is 5.56 Å². The lowest BCUT2D eigenvalue weighted by Gasteiger charge is -2.42. The molecule has 1 spiro atoms. The number of benzene rings is 2. The largest absolute Gasteiger partial charge is 0.454 e. The molecule has 33 heavy (non-hydrogen) atoms. The van der Waals surface area contributed by atoms with Crippen molar-refractivity contribution in [2.75, 3.05) is 33.0 Å². The molecule has 8 nitrogen and oxygen atoms in total. The van der Waals surface area contributed by atoms with E-state index in [1.165, 1.54) is 22.5 Å². The van der Waals surface area contributed by atoms with E-state index in [0.29, 0.717) is 49.1 Å². The number of carbonyl (C=O) groups is 1. The quantitative estimate of drug-likeness (QED) is 0.612. The van der Waals surface area contributed by atoms with Gasteiger partial charge in [-0.2, -0.15) is 4.31 Å². The van der Waals surface area contributed by atoms with E-state index in [-0.39, 0.29) is 24.1 Å². The molecule has 5 rings (SSSR count). The highest BCUT2D eigenvalue weighted by Crippen LogP contribution is 2.38. The van der Waals surface area contributed by atoms with Gasteiger partial charge in [0, 0.05) is 43.6 Å². The van der Waals surface area contributed by atoms with E-state index in [1.54, 1.807) is 23.1 Å². The Bertz CT molecular complexity index is 1190. The second-order valence-corrected chi connectivity index (χ2v) is 10.4. The Morgan fingerprint density at radius 1 is 1.00 bits per heavy atom. The van der Waals surface area contributed by atoms with E-state index < -0.39 is 15.7 Å². The first kappa shape index (κ1) is 22.2. The monoisotopic (exact) mass is 490 g/mol. The number of piperidine rings is 1. The van der Waals surface area contributed by atoms with Crippen LogP contribution in [0.3, 0.4) is 0 Å². The van der Waals surface area contributed by atoms with Crippen LogP contribution in [0.5, 0.6) is 11.5 Å². The summed E-state index contributed by atoms with van der Waals surface area (Å²) in [5.74, 6) is 1.21. The van der Waals surface area contributed by atoms with Gasteiger partial charge in [0.05, 0.1) is 11.5 Å². The van der Waals surface area contributed by atoms with Crippen LogP contribution in [-0.2, 0) is 19.6 Å². The molecule has 0 saturated carbocycles. The number of amides is 1. The number of hydrogen-bond donors (Lipinski definition) is 0. The number of likely N-dealkylation sites (tertiary alicyclic amines) is 1. The van der Waals surface area contributed by atoms with Crippen LogP contribution in [0.4, 0.5) is 0 Å². The molecule has 174 valence electrons. The van der Waals surface area contributed by atoms with Crippen molar-refractivity contribution in [3.05, 3.63) is 59.1 Å². The van der Waals surface area contributed by atoms with E-state index in [2.05, 4.69) is 0 Å². The average Bonchev–Trinajstić information content (AvgIpc) is 3.45. The number of carbonyl (C=O) groups excluding carboxylic acids is 1. The molecular weight excluding hydrogens is 468 g/mol. The van der Waals surface area contributed by atoms with Crippen molar-refractivity contribution < 1.29 is 27.4 Å². The van der Waals surface area contributed by atoms with E-state index in [4.69, 9.17) is 25.8 Å². The van der Waals surface area contributed by atoms with Crippen LogP contribution >= 0.6 is 11.6 Å². The van der Waals surface area contributed by atoms with Crippen molar-refractivity contribution in [2.45, 2.75) is 23.5 Å². The van der Waals surface area contributed by atoms with Crippen molar-refractivity contribution >= 4 is 33.6 Å². The van der Waals surface area contributed by atoms with Crippen LogP contribution in [0.25, 0.3) is 6.08 Å². The van der Waals surface area contributed by atoms with Gasteiger partial charge >= 0.3 is 0 Å². The first-order valence-corrected chi connectivity index (χ1v) is 12.5. The molecule has 3 aliphatic rings. The topological polar surface area (TPSA) is 85.4 Å². The molecule has 0 atom stereocenters. The van der Waals surface area contributed by atoms with Gasteiger partial charge in [0.25, 0.3) is 0 Å². The molecular formula is C23H23ClN2O6S. The third-order valence-electron chi connectivity index (χ3n) is 6.19. The van der Waals surface area contributed by atoms with Crippen LogP contribution in [-0.4, -0.2) is 62.3 Å². The van der Waals surface area contributed by atoms with Crippen molar-refractivity contribution in [1.29, 1.82) is 0 Å². The molecule has 2 aromatic carbocycles. The van der Waals surface area contributed by atoms with Gasteiger partial charge in [-0.3, -0.25) is 4.79 Å². The van der Waals surface area contributed by atoms with Gasteiger partial charge in [0.15, 0.2) is 11.5 Å². The standard InChI is InChI=1S/C23H23ClN2O6S/c24-18-3-5-19(6-4-18)33(28,29)26-13-14-32-23(26)9-11-25(12-10-23)22(27)8-2-17-1-7-20-21(15-17)31-16-30-20/h1-8,15H,9-14,16H2. The molecule has 1 amide bonds. The summed E-state index contributed by atoms with van der Waals surface area (Å²) in [6.07, 6.45) is 4.07. The van der Waals surface area contributed by atoms with Gasteiger partial charge < -0.3 is 19.1 Å². The maximum Gasteiger partial charge on any atom is 0.246 e. The van der Waals surface area contributed by atoms with Gasteiger partial charge in [-0.25, -0.2) is 8.42 Å². The third-order valence-corrected chi connectivity index (χ3v) is 8.41. The van der Waals surface area contributed by atoms with Crippen molar-refractivity contribution in [1.82, 2.24) is 9.21 Å². The van der Waals surface area contributed by atoms with E-state index >= 15 is 0 Å². The lowest BCUT2D eigenvalue weighted by molar-refractivity contribution is -0.135. The Kier molecular flexibility index (Phi) is 5.82. The SMILES string of the molecule is O=C(C=Cc1ccc2c(c1)OCO2)N1CCC2(CC1)OCCN2S(=O)(=O)c1ccc(Cl)cc1. The number of rotatable bonds is 4. The predicted molar refractivity (Wildman–Crippen MR) is 121 cm³/mol. The molecule has 10 heteroatoms. The van der Waals surface area contributed by atoms with Crippen LogP contribution in [0, 0.1) is 0 Å². The Balaban J connectivity index is 1.25. The zero-order valence-electron chi connectivity index (χ0n) is 17.8. The van der Waals surface area contributed by atoms with E-state index in [9.17, 15) is 13.2 Å². The fraction of sp³-hybridized carbons (Fsp3) is 0.348. The van der Waals surface area contributed by atoms with Gasteiger partial charge in [0.2, 0.25) is 22.7 Å². The van der Waals surface area contributed by atoms with Crippen molar-refractivity contribution in [3.63, 3.8) is 0 Å². The highest BCUT2D eigenvalue weighted by molar-refractivity contribution is 7.89. The minimum atomic E-state index is -3.74. The number of sulfonamides is 1. The molecule has 0 aliphatic carbocycles. The fourth-order valence-electron chi connectivity index (χ4n) is 4.43. The maximum absolute atomic E-state index is 13.3. The summed E-state index contributed by atoms with van der Waals surface area (Å²) >= 11 is 5.91. The predicted octanol–water partition coefficient (Wildman–Crippen LogP) is 3.12. The van der Waals surface area contributed by atoms with E-state index in [1.807, 2.05) is 18.2 Å². The maximum atomic E-state index is 13.3. The highest BCUT2D eigenvalue weighted by atomic mass is 35.5. The summed E-state index contributed by atoms with van der Waals surface area (Å²) in [6.45, 7) is 1.60. The normalized spacial score (nSPS) is 20.1. The lowest BCUT2D eigenvalue weighted by Crippen LogP contribution is -2.55. The smallest absolute Gasteiger partial charge is 0.246 e. The zero-order valence-corrected chi connectivity index (χ0v) is 19.3. The number of nitrogens with zero attached hydrogens (tertiary/aromatic N) is 2. The minimum Gasteiger partial charge on any atom is -0.454 e. The minimum absolute atomic E-state index is 0.132. The molecule has 0 unspecified atom stereocenters. The Labute approximate surface area is 197 Å². The number of hydrogen-bond acceptors (Lipinski definition) is 6. The summed E-state index contributed by atoms with van der Waals surface area (Å²) in [7, 11) is -3.74. The number of halogens is 1. The molecule has 3 heterocycles. The molecule has 0 aromatic heterocycles. The summed E-state index contributed by atoms with van der Waals surface area (Å²) < 4.78 is 44.6. The highest BCUT2D eigenvalue weighted by Gasteiger charge is 2.50. The van der Waals surface area contributed by atoms with Crippen LogP contribution in [0.15, 0.2) is 53.4 Å². The zero-order chi connectivity index (χ0) is 23.1. The second-order valence-electron chi connectivity index (χ2n) is 8.10. The number of ether oxygens (including phenoxy) is 3.